The van der Waals surface area contributed by atoms with Crippen molar-refractivity contribution >= 4 is 12.0 Å². The Balaban J connectivity index is 2.13. The third-order valence-corrected chi connectivity index (χ3v) is 2.48. The van der Waals surface area contributed by atoms with Crippen molar-refractivity contribution in [1.82, 2.24) is 4.98 Å². The molecule has 5 heteroatoms. The molecule has 19 heavy (non-hydrogen) atoms. The molecule has 1 aromatic carbocycles. The van der Waals surface area contributed by atoms with Gasteiger partial charge in [-0.2, -0.15) is 5.10 Å². The van der Waals surface area contributed by atoms with Gasteiger partial charge in [-0.25, -0.2) is 4.98 Å². The quantitative estimate of drug-likeness (QED) is 0.660. The number of nitrogens with zero attached hydrogens (tertiary/aromatic N) is 2. The molecule has 0 aliphatic heterocycles. The van der Waals surface area contributed by atoms with E-state index in [1.54, 1.807) is 26.6 Å². The molecular weight excluding hydrogens is 242 g/mol. The van der Waals surface area contributed by atoms with Crippen molar-refractivity contribution in [2.75, 3.05) is 19.6 Å². The molecule has 0 spiro atoms. The van der Waals surface area contributed by atoms with Crippen molar-refractivity contribution in [2.45, 2.75) is 0 Å². The van der Waals surface area contributed by atoms with Crippen LogP contribution in [0.25, 0.3) is 0 Å². The standard InChI is InChI=1S/C14H15N3O2/c1-18-12-6-7-13(19-2)11(9-12)10-16-17-14-5-3-4-8-15-14/h3-10H,1-2H3,(H,15,17)/b16-10+. The topological polar surface area (TPSA) is 55.7 Å². The second-order valence-corrected chi connectivity index (χ2v) is 3.69. The van der Waals surface area contributed by atoms with Crippen LogP contribution in [-0.2, 0) is 0 Å². The molecule has 0 fully saturated rings. The van der Waals surface area contributed by atoms with E-state index in [0.29, 0.717) is 5.82 Å². The van der Waals surface area contributed by atoms with Crippen molar-refractivity contribution in [3.8, 4) is 11.5 Å². The average Bonchev–Trinajstić information content (AvgIpc) is 2.48. The zero-order valence-electron chi connectivity index (χ0n) is 10.8. The molecule has 0 bridgehead atoms. The molecule has 0 atom stereocenters. The van der Waals surface area contributed by atoms with Crippen LogP contribution in [-0.4, -0.2) is 25.4 Å². The fraction of sp³-hybridized carbons (Fsp3) is 0.143. The molecule has 1 heterocycles. The van der Waals surface area contributed by atoms with Crippen molar-refractivity contribution in [3.63, 3.8) is 0 Å². The Kier molecular flexibility index (Phi) is 4.34. The van der Waals surface area contributed by atoms with E-state index in [1.165, 1.54) is 0 Å². The number of aromatic nitrogens is 1. The van der Waals surface area contributed by atoms with E-state index in [9.17, 15) is 0 Å². The monoisotopic (exact) mass is 257 g/mol. The van der Waals surface area contributed by atoms with Crippen LogP contribution >= 0.6 is 0 Å². The first kappa shape index (κ1) is 12.9. The summed E-state index contributed by atoms with van der Waals surface area (Å²) in [7, 11) is 3.24. The summed E-state index contributed by atoms with van der Waals surface area (Å²) in [6, 6.07) is 11.1. The summed E-state index contributed by atoms with van der Waals surface area (Å²) in [5, 5.41) is 4.12. The molecule has 0 saturated carbocycles. The van der Waals surface area contributed by atoms with Gasteiger partial charge < -0.3 is 9.47 Å². The highest BCUT2D eigenvalue weighted by Crippen LogP contribution is 2.22. The molecule has 1 aromatic heterocycles. The first-order valence-electron chi connectivity index (χ1n) is 5.75. The third-order valence-electron chi connectivity index (χ3n) is 2.48. The van der Waals surface area contributed by atoms with E-state index < -0.39 is 0 Å². The van der Waals surface area contributed by atoms with Gasteiger partial charge in [-0.3, -0.25) is 5.43 Å². The van der Waals surface area contributed by atoms with Gasteiger partial charge in [0.05, 0.1) is 20.4 Å². The van der Waals surface area contributed by atoms with E-state index in [2.05, 4.69) is 15.5 Å². The van der Waals surface area contributed by atoms with Crippen LogP contribution in [0.1, 0.15) is 5.56 Å². The molecular formula is C14H15N3O2. The van der Waals surface area contributed by atoms with Crippen LogP contribution in [0.2, 0.25) is 0 Å². The summed E-state index contributed by atoms with van der Waals surface area (Å²) in [5.74, 6) is 2.16. The molecule has 0 radical (unpaired) electrons. The number of pyridine rings is 1. The van der Waals surface area contributed by atoms with Gasteiger partial charge in [0.2, 0.25) is 0 Å². The summed E-state index contributed by atoms with van der Waals surface area (Å²) in [6.07, 6.45) is 3.36. The number of methoxy groups -OCH3 is 2. The lowest BCUT2D eigenvalue weighted by atomic mass is 10.2. The highest BCUT2D eigenvalue weighted by Gasteiger charge is 2.02. The molecule has 1 N–H and O–H groups in total. The predicted octanol–water partition coefficient (Wildman–Crippen LogP) is 2.54. The van der Waals surface area contributed by atoms with E-state index in [4.69, 9.17) is 9.47 Å². The Morgan fingerprint density at radius 2 is 2.05 bits per heavy atom. The molecule has 5 nitrogen and oxygen atoms in total. The number of ether oxygens (including phenoxy) is 2. The first-order valence-corrected chi connectivity index (χ1v) is 5.75. The summed E-state index contributed by atoms with van der Waals surface area (Å²) < 4.78 is 10.4. The molecule has 0 aliphatic rings. The maximum Gasteiger partial charge on any atom is 0.146 e. The van der Waals surface area contributed by atoms with Crippen LogP contribution < -0.4 is 14.9 Å². The minimum absolute atomic E-state index is 0.681. The minimum atomic E-state index is 0.681. The maximum atomic E-state index is 5.26. The van der Waals surface area contributed by atoms with Gasteiger partial charge in [-0.1, -0.05) is 6.07 Å². The van der Waals surface area contributed by atoms with Crippen molar-refractivity contribution in [3.05, 3.63) is 48.2 Å². The molecule has 0 amide bonds. The van der Waals surface area contributed by atoms with Gasteiger partial charge in [0.25, 0.3) is 0 Å². The van der Waals surface area contributed by atoms with E-state index in [1.807, 2.05) is 36.4 Å². The number of hydrazone groups is 1. The van der Waals surface area contributed by atoms with Crippen LogP contribution in [0.4, 0.5) is 5.82 Å². The van der Waals surface area contributed by atoms with Crippen molar-refractivity contribution in [2.24, 2.45) is 5.10 Å². The maximum absolute atomic E-state index is 5.26. The Morgan fingerprint density at radius 1 is 1.16 bits per heavy atom. The molecule has 2 rings (SSSR count). The Morgan fingerprint density at radius 3 is 2.74 bits per heavy atom. The lowest BCUT2D eigenvalue weighted by molar-refractivity contribution is 0.402. The largest absolute Gasteiger partial charge is 0.497 e. The first-order chi connectivity index (χ1) is 9.33. The number of hydrogen-bond acceptors (Lipinski definition) is 5. The number of anilines is 1. The second-order valence-electron chi connectivity index (χ2n) is 3.69. The Hall–Kier alpha value is -2.56. The smallest absolute Gasteiger partial charge is 0.146 e. The number of nitrogens with one attached hydrogen (secondary N) is 1. The minimum Gasteiger partial charge on any atom is -0.497 e. The molecule has 98 valence electrons. The predicted molar refractivity (Wildman–Crippen MR) is 75.0 cm³/mol. The lowest BCUT2D eigenvalue weighted by Gasteiger charge is -2.06. The van der Waals surface area contributed by atoms with Crippen molar-refractivity contribution < 1.29 is 9.47 Å². The number of benzene rings is 1. The molecule has 0 aliphatic carbocycles. The van der Waals surface area contributed by atoms with Crippen LogP contribution in [0.15, 0.2) is 47.7 Å². The van der Waals surface area contributed by atoms with Crippen molar-refractivity contribution in [1.29, 1.82) is 0 Å². The fourth-order valence-corrected chi connectivity index (χ4v) is 1.54. The highest BCUT2D eigenvalue weighted by molar-refractivity contribution is 5.84. The van der Waals surface area contributed by atoms with Gasteiger partial charge in [0, 0.05) is 11.8 Å². The fourth-order valence-electron chi connectivity index (χ4n) is 1.54. The number of hydrogen-bond donors (Lipinski definition) is 1. The van der Waals surface area contributed by atoms with E-state index >= 15 is 0 Å². The summed E-state index contributed by atoms with van der Waals surface area (Å²) in [5.41, 5.74) is 3.67. The third kappa shape index (κ3) is 3.45. The Bertz CT molecular complexity index is 556. The summed E-state index contributed by atoms with van der Waals surface area (Å²) in [6.45, 7) is 0. The van der Waals surface area contributed by atoms with Crippen LogP contribution in [0, 0.1) is 0 Å². The lowest BCUT2D eigenvalue weighted by Crippen LogP contribution is -1.96. The Labute approximate surface area is 111 Å². The average molecular weight is 257 g/mol. The van der Waals surface area contributed by atoms with Gasteiger partial charge in [0.1, 0.15) is 17.3 Å². The zero-order valence-corrected chi connectivity index (χ0v) is 10.8. The molecule has 0 saturated heterocycles. The van der Waals surface area contributed by atoms with Gasteiger partial charge in [-0.05, 0) is 30.3 Å². The van der Waals surface area contributed by atoms with E-state index in [0.717, 1.165) is 17.1 Å². The highest BCUT2D eigenvalue weighted by atomic mass is 16.5. The normalized spacial score (nSPS) is 10.4. The van der Waals surface area contributed by atoms with Crippen LogP contribution in [0.5, 0.6) is 11.5 Å². The van der Waals surface area contributed by atoms with E-state index in [-0.39, 0.29) is 0 Å². The van der Waals surface area contributed by atoms with Gasteiger partial charge >= 0.3 is 0 Å². The SMILES string of the molecule is COc1ccc(OC)c(/C=N/Nc2ccccn2)c1. The van der Waals surface area contributed by atoms with Gasteiger partial charge in [-0.15, -0.1) is 0 Å². The van der Waals surface area contributed by atoms with Gasteiger partial charge in [0.15, 0.2) is 0 Å². The number of rotatable bonds is 5. The summed E-state index contributed by atoms with van der Waals surface area (Å²) >= 11 is 0. The second kappa shape index (κ2) is 6.39. The van der Waals surface area contributed by atoms with Crippen LogP contribution in [0.3, 0.4) is 0 Å². The molecule has 0 unspecified atom stereocenters. The zero-order chi connectivity index (χ0) is 13.5. The molecule has 2 aromatic rings. The summed E-state index contributed by atoms with van der Waals surface area (Å²) in [4.78, 5) is 4.11.